The molecule has 1 amide bonds. The number of piperidine rings is 1. The minimum atomic E-state index is -0.359. The molecule has 1 aliphatic heterocycles. The first-order valence-corrected chi connectivity index (χ1v) is 8.56. The average molecular weight is 350 g/mol. The number of para-hydroxylation sites is 2. The van der Waals surface area contributed by atoms with Crippen molar-refractivity contribution in [2.45, 2.75) is 18.9 Å². The molecule has 7 nitrogen and oxygen atoms in total. The molecule has 0 aliphatic carbocycles. The van der Waals surface area contributed by atoms with Crippen LogP contribution < -0.4 is 10.3 Å². The van der Waals surface area contributed by atoms with Gasteiger partial charge in [0, 0.05) is 32.1 Å². The highest BCUT2D eigenvalue weighted by Gasteiger charge is 2.26. The molecule has 3 aromatic rings. The van der Waals surface area contributed by atoms with Gasteiger partial charge in [-0.3, -0.25) is 9.59 Å². The van der Waals surface area contributed by atoms with Crippen molar-refractivity contribution in [1.29, 1.82) is 0 Å². The molecule has 0 radical (unpaired) electrons. The van der Waals surface area contributed by atoms with E-state index in [0.717, 1.165) is 11.0 Å². The highest BCUT2D eigenvalue weighted by atomic mass is 16.5. The fourth-order valence-corrected chi connectivity index (χ4v) is 3.10. The van der Waals surface area contributed by atoms with Gasteiger partial charge in [-0.05, 0) is 24.3 Å². The lowest BCUT2D eigenvalue weighted by molar-refractivity contribution is 0.0586. The van der Waals surface area contributed by atoms with Gasteiger partial charge in [0.1, 0.15) is 11.7 Å². The zero-order valence-electron chi connectivity index (χ0n) is 14.1. The molecule has 1 N–H and O–H groups in total. The molecule has 0 unspecified atom stereocenters. The van der Waals surface area contributed by atoms with Gasteiger partial charge in [-0.15, -0.1) is 0 Å². The summed E-state index contributed by atoms with van der Waals surface area (Å²) in [6, 6.07) is 10.8. The van der Waals surface area contributed by atoms with E-state index in [-0.39, 0.29) is 23.1 Å². The molecule has 26 heavy (non-hydrogen) atoms. The lowest BCUT2D eigenvalue weighted by atomic mass is 10.1. The topological polar surface area (TPSA) is 88.2 Å². The van der Waals surface area contributed by atoms with Crippen molar-refractivity contribution in [3.63, 3.8) is 0 Å². The predicted molar refractivity (Wildman–Crippen MR) is 96.2 cm³/mol. The van der Waals surface area contributed by atoms with Crippen LogP contribution in [0.5, 0.6) is 5.88 Å². The Morgan fingerprint density at radius 2 is 1.88 bits per heavy atom. The number of benzene rings is 1. The van der Waals surface area contributed by atoms with Gasteiger partial charge in [0.25, 0.3) is 11.5 Å². The van der Waals surface area contributed by atoms with Gasteiger partial charge in [0.05, 0.1) is 17.2 Å². The van der Waals surface area contributed by atoms with Crippen LogP contribution in [0.2, 0.25) is 0 Å². The maximum atomic E-state index is 12.5. The third kappa shape index (κ3) is 3.28. The summed E-state index contributed by atoms with van der Waals surface area (Å²) in [5.41, 5.74) is 1.43. The molecule has 132 valence electrons. The predicted octanol–water partition coefficient (Wildman–Crippen LogP) is 2.00. The summed E-state index contributed by atoms with van der Waals surface area (Å²) in [6.07, 6.45) is 4.49. The second-order valence-electron chi connectivity index (χ2n) is 6.22. The molecule has 2 aromatic heterocycles. The lowest BCUT2D eigenvalue weighted by Crippen LogP contribution is -2.43. The number of aromatic nitrogens is 3. The summed E-state index contributed by atoms with van der Waals surface area (Å²) in [4.78, 5) is 37.3. The van der Waals surface area contributed by atoms with E-state index in [1.807, 2.05) is 24.3 Å². The summed E-state index contributed by atoms with van der Waals surface area (Å²) < 4.78 is 5.94. The molecule has 3 heterocycles. The van der Waals surface area contributed by atoms with Crippen molar-refractivity contribution in [2.24, 2.45) is 0 Å². The Balaban J connectivity index is 1.39. The quantitative estimate of drug-likeness (QED) is 0.780. The van der Waals surface area contributed by atoms with Crippen LogP contribution in [-0.2, 0) is 0 Å². The van der Waals surface area contributed by atoms with E-state index in [0.29, 0.717) is 31.8 Å². The van der Waals surface area contributed by atoms with Crippen LogP contribution in [-0.4, -0.2) is 45.0 Å². The average Bonchev–Trinajstić information content (AvgIpc) is 2.68. The number of pyridine rings is 1. The van der Waals surface area contributed by atoms with Crippen molar-refractivity contribution in [2.75, 3.05) is 13.1 Å². The second-order valence-corrected chi connectivity index (χ2v) is 6.22. The molecule has 0 bridgehead atoms. The van der Waals surface area contributed by atoms with Crippen molar-refractivity contribution >= 4 is 16.9 Å². The van der Waals surface area contributed by atoms with E-state index < -0.39 is 0 Å². The van der Waals surface area contributed by atoms with E-state index in [9.17, 15) is 9.59 Å². The third-order valence-corrected chi connectivity index (χ3v) is 4.49. The van der Waals surface area contributed by atoms with E-state index in [1.54, 1.807) is 23.2 Å². The monoisotopic (exact) mass is 350 g/mol. The number of H-pyrrole nitrogens is 1. The Bertz CT molecular complexity index is 993. The first kappa shape index (κ1) is 16.3. The van der Waals surface area contributed by atoms with Gasteiger partial charge in [0.15, 0.2) is 0 Å². The summed E-state index contributed by atoms with van der Waals surface area (Å²) in [5.74, 6) is 0.253. The molecule has 1 aliphatic rings. The van der Waals surface area contributed by atoms with Crippen molar-refractivity contribution < 1.29 is 9.53 Å². The third-order valence-electron chi connectivity index (χ3n) is 4.49. The van der Waals surface area contributed by atoms with Crippen LogP contribution in [0.3, 0.4) is 0 Å². The van der Waals surface area contributed by atoms with E-state index in [2.05, 4.69) is 15.0 Å². The molecule has 0 atom stereocenters. The molecular weight excluding hydrogens is 332 g/mol. The van der Waals surface area contributed by atoms with E-state index in [1.165, 1.54) is 6.20 Å². The number of carbonyl (C=O) groups excluding carboxylic acids is 1. The van der Waals surface area contributed by atoms with Crippen LogP contribution in [0.1, 0.15) is 23.2 Å². The fourth-order valence-electron chi connectivity index (χ4n) is 3.10. The molecule has 1 fully saturated rings. The van der Waals surface area contributed by atoms with Crippen LogP contribution in [0.25, 0.3) is 11.0 Å². The summed E-state index contributed by atoms with van der Waals surface area (Å²) in [5, 5.41) is 0. The molecule has 0 spiro atoms. The number of likely N-dealkylation sites (tertiary alicyclic amines) is 1. The number of carbonyl (C=O) groups is 1. The van der Waals surface area contributed by atoms with Gasteiger partial charge in [-0.1, -0.05) is 12.1 Å². The minimum Gasteiger partial charge on any atom is -0.473 e. The molecule has 4 rings (SSSR count). The Labute approximate surface area is 149 Å². The summed E-state index contributed by atoms with van der Waals surface area (Å²) >= 11 is 0. The maximum Gasteiger partial charge on any atom is 0.260 e. The highest BCUT2D eigenvalue weighted by Crippen LogP contribution is 2.19. The van der Waals surface area contributed by atoms with Crippen molar-refractivity contribution in [3.05, 3.63) is 64.7 Å². The fraction of sp³-hybridized carbons (Fsp3) is 0.263. The van der Waals surface area contributed by atoms with Gasteiger partial charge in [-0.2, -0.15) is 0 Å². The second kappa shape index (κ2) is 6.95. The number of amides is 1. The number of nitrogens with one attached hydrogen (secondary N) is 1. The van der Waals surface area contributed by atoms with Crippen LogP contribution in [0.15, 0.2) is 53.6 Å². The zero-order valence-corrected chi connectivity index (χ0v) is 14.1. The number of rotatable bonds is 3. The first-order valence-electron chi connectivity index (χ1n) is 8.56. The van der Waals surface area contributed by atoms with Crippen molar-refractivity contribution in [3.8, 4) is 5.88 Å². The van der Waals surface area contributed by atoms with Crippen molar-refractivity contribution in [1.82, 2.24) is 19.9 Å². The lowest BCUT2D eigenvalue weighted by Gasteiger charge is -2.31. The van der Waals surface area contributed by atoms with E-state index in [4.69, 9.17) is 4.74 Å². The van der Waals surface area contributed by atoms with Gasteiger partial charge < -0.3 is 14.6 Å². The molecule has 1 saturated heterocycles. The molecule has 1 aromatic carbocycles. The van der Waals surface area contributed by atoms with E-state index >= 15 is 0 Å². The summed E-state index contributed by atoms with van der Waals surface area (Å²) in [6.45, 7) is 1.08. The number of hydrogen-bond donors (Lipinski definition) is 1. The zero-order chi connectivity index (χ0) is 17.9. The molecular formula is C19H18N4O3. The number of fused-ring (bicyclic) bond motifs is 1. The number of hydrogen-bond acceptors (Lipinski definition) is 5. The Kier molecular flexibility index (Phi) is 4.35. The minimum absolute atomic E-state index is 0.0245. The van der Waals surface area contributed by atoms with Crippen LogP contribution in [0, 0.1) is 0 Å². The largest absolute Gasteiger partial charge is 0.473 e. The number of ether oxygens (including phenoxy) is 1. The molecule has 0 saturated carbocycles. The van der Waals surface area contributed by atoms with Crippen LogP contribution in [0.4, 0.5) is 0 Å². The normalized spacial score (nSPS) is 15.2. The summed E-state index contributed by atoms with van der Waals surface area (Å²) in [7, 11) is 0. The van der Waals surface area contributed by atoms with Gasteiger partial charge >= 0.3 is 0 Å². The number of aromatic amines is 1. The highest BCUT2D eigenvalue weighted by molar-refractivity contribution is 5.93. The molecule has 7 heteroatoms. The first-order chi connectivity index (χ1) is 12.7. The smallest absolute Gasteiger partial charge is 0.260 e. The Morgan fingerprint density at radius 3 is 2.65 bits per heavy atom. The van der Waals surface area contributed by atoms with Gasteiger partial charge in [-0.25, -0.2) is 9.97 Å². The Hall–Kier alpha value is -3.22. The van der Waals surface area contributed by atoms with Crippen LogP contribution >= 0.6 is 0 Å². The van der Waals surface area contributed by atoms with Gasteiger partial charge in [0.2, 0.25) is 5.88 Å². The SMILES string of the molecule is O=C(c1ccc[nH]c1=O)N1CCC(Oc2cnc3ccccc3n2)CC1. The number of nitrogens with zero attached hydrogens (tertiary/aromatic N) is 3. The standard InChI is InChI=1S/C19H18N4O3/c24-18-14(4-3-9-20-18)19(25)23-10-7-13(8-11-23)26-17-12-21-15-5-1-2-6-16(15)22-17/h1-6,9,12-13H,7-8,10-11H2,(H,20,24). The maximum absolute atomic E-state index is 12.5. The Morgan fingerprint density at radius 1 is 1.12 bits per heavy atom.